The molecule has 108 valence electrons. The topological polar surface area (TPSA) is 41.1 Å². The molecule has 1 aliphatic carbocycles. The minimum Gasteiger partial charge on any atom is -0.380 e. The molecule has 0 atom stereocenters. The minimum absolute atomic E-state index is 0.0557. The maximum absolute atomic E-state index is 13.2. The lowest BCUT2D eigenvalue weighted by molar-refractivity contribution is 0.0952. The van der Waals surface area contributed by atoms with E-state index in [-0.39, 0.29) is 11.7 Å². The summed E-state index contributed by atoms with van der Waals surface area (Å²) in [7, 11) is 0. The predicted octanol–water partition coefficient (Wildman–Crippen LogP) is 3.33. The Kier molecular flexibility index (Phi) is 3.86. The number of anilines is 1. The number of amides is 1. The van der Waals surface area contributed by atoms with Crippen LogP contribution in [0.3, 0.4) is 0 Å². The predicted molar refractivity (Wildman–Crippen MR) is 80.7 cm³/mol. The lowest BCUT2D eigenvalue weighted by Crippen LogP contribution is -2.26. The molecule has 0 unspecified atom stereocenters. The number of hydrogen-bond acceptors (Lipinski definition) is 2. The highest BCUT2D eigenvalue weighted by molar-refractivity contribution is 5.99. The van der Waals surface area contributed by atoms with Crippen LogP contribution in [0, 0.1) is 5.82 Å². The van der Waals surface area contributed by atoms with Crippen molar-refractivity contribution in [3.8, 4) is 0 Å². The zero-order valence-corrected chi connectivity index (χ0v) is 11.6. The van der Waals surface area contributed by atoms with Crippen LogP contribution in [-0.4, -0.2) is 11.9 Å². The van der Waals surface area contributed by atoms with E-state index in [0.717, 1.165) is 24.1 Å². The second-order valence-corrected chi connectivity index (χ2v) is 5.28. The van der Waals surface area contributed by atoms with E-state index in [0.29, 0.717) is 18.2 Å². The number of carbonyl (C=O) groups is 1. The first kappa shape index (κ1) is 13.6. The summed E-state index contributed by atoms with van der Waals surface area (Å²) in [5.41, 5.74) is 2.23. The van der Waals surface area contributed by atoms with Crippen molar-refractivity contribution in [3.63, 3.8) is 0 Å². The largest absolute Gasteiger partial charge is 0.380 e. The molecule has 3 nitrogen and oxygen atoms in total. The first-order valence-electron chi connectivity index (χ1n) is 7.10. The molecular formula is C17H17FN2O. The van der Waals surface area contributed by atoms with Crippen LogP contribution >= 0.6 is 0 Å². The number of halogens is 1. The molecule has 0 heterocycles. The van der Waals surface area contributed by atoms with Gasteiger partial charge < -0.3 is 10.6 Å². The van der Waals surface area contributed by atoms with Crippen molar-refractivity contribution < 1.29 is 9.18 Å². The highest BCUT2D eigenvalue weighted by Gasteiger charge is 2.24. The van der Waals surface area contributed by atoms with Crippen LogP contribution in [0.4, 0.5) is 10.1 Å². The smallest absolute Gasteiger partial charge is 0.253 e. The lowest BCUT2D eigenvalue weighted by Gasteiger charge is -2.12. The molecule has 0 aromatic heterocycles. The van der Waals surface area contributed by atoms with Crippen molar-refractivity contribution in [2.24, 2.45) is 0 Å². The van der Waals surface area contributed by atoms with Crippen LogP contribution in [0.25, 0.3) is 0 Å². The fourth-order valence-electron chi connectivity index (χ4n) is 2.17. The Morgan fingerprint density at radius 1 is 1.14 bits per heavy atom. The number of nitrogens with one attached hydrogen (secondary N) is 2. The van der Waals surface area contributed by atoms with Crippen LogP contribution in [0.2, 0.25) is 0 Å². The van der Waals surface area contributed by atoms with Crippen molar-refractivity contribution in [2.45, 2.75) is 25.4 Å². The van der Waals surface area contributed by atoms with Gasteiger partial charge in [-0.1, -0.05) is 24.3 Å². The average Bonchev–Trinajstić information content (AvgIpc) is 3.29. The van der Waals surface area contributed by atoms with Gasteiger partial charge in [0.1, 0.15) is 5.82 Å². The molecule has 2 aromatic rings. The summed E-state index contributed by atoms with van der Waals surface area (Å²) in [6.45, 7) is 0.478. The summed E-state index contributed by atoms with van der Waals surface area (Å²) >= 11 is 0. The second-order valence-electron chi connectivity index (χ2n) is 5.28. The number of hydrogen-bond donors (Lipinski definition) is 2. The number of carbonyl (C=O) groups excluding carboxylic acids is 1. The molecule has 0 bridgehead atoms. The van der Waals surface area contributed by atoms with Gasteiger partial charge in [0.25, 0.3) is 5.91 Å². The van der Waals surface area contributed by atoms with Gasteiger partial charge in [0.2, 0.25) is 0 Å². The van der Waals surface area contributed by atoms with Gasteiger partial charge in [-0.3, -0.25) is 4.79 Å². The zero-order valence-electron chi connectivity index (χ0n) is 11.6. The number of benzene rings is 2. The second kappa shape index (κ2) is 5.95. The van der Waals surface area contributed by atoms with Crippen molar-refractivity contribution in [2.75, 3.05) is 5.32 Å². The molecule has 0 aliphatic heterocycles. The molecular weight excluding hydrogens is 267 g/mol. The van der Waals surface area contributed by atoms with E-state index in [9.17, 15) is 9.18 Å². The van der Waals surface area contributed by atoms with E-state index < -0.39 is 0 Å². The average molecular weight is 284 g/mol. The molecule has 3 rings (SSSR count). The monoisotopic (exact) mass is 284 g/mol. The molecule has 0 radical (unpaired) electrons. The molecule has 1 fully saturated rings. The third kappa shape index (κ3) is 3.60. The van der Waals surface area contributed by atoms with Crippen molar-refractivity contribution in [1.82, 2.24) is 5.32 Å². The maximum Gasteiger partial charge on any atom is 0.253 e. The summed E-state index contributed by atoms with van der Waals surface area (Å²) in [5.74, 6) is -0.311. The first-order chi connectivity index (χ1) is 10.2. The summed E-state index contributed by atoms with van der Waals surface area (Å²) in [4.78, 5) is 12.2. The van der Waals surface area contributed by atoms with Crippen molar-refractivity contribution >= 4 is 11.6 Å². The fourth-order valence-corrected chi connectivity index (χ4v) is 2.17. The lowest BCUT2D eigenvalue weighted by atomic mass is 10.1. The Morgan fingerprint density at radius 2 is 1.95 bits per heavy atom. The Bertz CT molecular complexity index is 653. The van der Waals surface area contributed by atoms with Crippen LogP contribution in [0.15, 0.2) is 48.5 Å². The Labute approximate surface area is 123 Å². The Balaban J connectivity index is 1.71. The van der Waals surface area contributed by atoms with Crippen LogP contribution in [0.5, 0.6) is 0 Å². The molecule has 1 saturated carbocycles. The number of para-hydroxylation sites is 1. The molecule has 1 amide bonds. The molecule has 2 aromatic carbocycles. The van der Waals surface area contributed by atoms with Crippen LogP contribution < -0.4 is 10.6 Å². The SMILES string of the molecule is O=C(NC1CC1)c1ccccc1NCc1cccc(F)c1. The minimum atomic E-state index is -0.255. The van der Waals surface area contributed by atoms with Gasteiger partial charge in [-0.05, 0) is 42.7 Å². The Hall–Kier alpha value is -2.36. The quantitative estimate of drug-likeness (QED) is 0.884. The summed E-state index contributed by atoms with van der Waals surface area (Å²) in [5, 5.41) is 6.18. The molecule has 4 heteroatoms. The van der Waals surface area contributed by atoms with E-state index in [1.54, 1.807) is 12.1 Å². The van der Waals surface area contributed by atoms with E-state index >= 15 is 0 Å². The zero-order chi connectivity index (χ0) is 14.7. The third-order valence-corrected chi connectivity index (χ3v) is 3.46. The van der Waals surface area contributed by atoms with E-state index in [2.05, 4.69) is 10.6 Å². The van der Waals surface area contributed by atoms with Crippen LogP contribution in [-0.2, 0) is 6.54 Å². The first-order valence-corrected chi connectivity index (χ1v) is 7.10. The highest BCUT2D eigenvalue weighted by atomic mass is 19.1. The molecule has 0 saturated heterocycles. The normalized spacial score (nSPS) is 13.8. The van der Waals surface area contributed by atoms with Gasteiger partial charge in [-0.15, -0.1) is 0 Å². The maximum atomic E-state index is 13.2. The third-order valence-electron chi connectivity index (χ3n) is 3.46. The Morgan fingerprint density at radius 3 is 2.71 bits per heavy atom. The van der Waals surface area contributed by atoms with Gasteiger partial charge in [-0.25, -0.2) is 4.39 Å². The van der Waals surface area contributed by atoms with Gasteiger partial charge in [0, 0.05) is 18.3 Å². The van der Waals surface area contributed by atoms with Crippen molar-refractivity contribution in [1.29, 1.82) is 0 Å². The summed E-state index contributed by atoms with van der Waals surface area (Å²) in [6.07, 6.45) is 2.12. The van der Waals surface area contributed by atoms with Crippen molar-refractivity contribution in [3.05, 3.63) is 65.5 Å². The van der Waals surface area contributed by atoms with Gasteiger partial charge >= 0.3 is 0 Å². The van der Waals surface area contributed by atoms with E-state index in [4.69, 9.17) is 0 Å². The molecule has 2 N–H and O–H groups in total. The van der Waals surface area contributed by atoms with Gasteiger partial charge in [0.05, 0.1) is 5.56 Å². The van der Waals surface area contributed by atoms with Gasteiger partial charge in [0.15, 0.2) is 0 Å². The molecule has 0 spiro atoms. The van der Waals surface area contributed by atoms with Crippen LogP contribution in [0.1, 0.15) is 28.8 Å². The summed E-state index contributed by atoms with van der Waals surface area (Å²) in [6, 6.07) is 14.1. The van der Waals surface area contributed by atoms with Gasteiger partial charge in [-0.2, -0.15) is 0 Å². The summed E-state index contributed by atoms with van der Waals surface area (Å²) < 4.78 is 13.2. The van der Waals surface area contributed by atoms with E-state index in [1.165, 1.54) is 12.1 Å². The number of rotatable bonds is 5. The fraction of sp³-hybridized carbons (Fsp3) is 0.235. The van der Waals surface area contributed by atoms with E-state index in [1.807, 2.05) is 24.3 Å². The standard InChI is InChI=1S/C17H17FN2O/c18-13-5-3-4-12(10-13)11-19-16-7-2-1-6-15(16)17(21)20-14-8-9-14/h1-7,10,14,19H,8-9,11H2,(H,20,21). The highest BCUT2D eigenvalue weighted by Crippen LogP contribution is 2.22. The molecule has 21 heavy (non-hydrogen) atoms. The molecule has 1 aliphatic rings.